The van der Waals surface area contributed by atoms with Crippen LogP contribution in [-0.2, 0) is 0 Å². The van der Waals surface area contributed by atoms with Crippen LogP contribution in [-0.4, -0.2) is 90.6 Å². The Hall–Kier alpha value is -7.54. The number of fused-ring (bicyclic) bond motifs is 4. The second-order valence-corrected chi connectivity index (χ2v) is 16.9. The summed E-state index contributed by atoms with van der Waals surface area (Å²) in [7, 11) is 4.03. The van der Waals surface area contributed by atoms with Gasteiger partial charge in [0.1, 0.15) is 11.4 Å². The highest BCUT2D eigenvalue weighted by Crippen LogP contribution is 2.37. The minimum absolute atomic E-state index is 0.881. The lowest BCUT2D eigenvalue weighted by atomic mass is 10.1. The summed E-state index contributed by atoms with van der Waals surface area (Å²) >= 11 is 0. The van der Waals surface area contributed by atoms with Crippen LogP contribution >= 0.6 is 0 Å². The average Bonchev–Trinajstić information content (AvgIpc) is 4.20. The smallest absolute Gasteiger partial charge is 0.116 e. The van der Waals surface area contributed by atoms with Crippen molar-refractivity contribution in [2.75, 3.05) is 55.0 Å². The van der Waals surface area contributed by atoms with Gasteiger partial charge in [0.05, 0.1) is 58.1 Å². The summed E-state index contributed by atoms with van der Waals surface area (Å²) in [6.07, 6.45) is 18.7. The summed E-state index contributed by atoms with van der Waals surface area (Å²) in [6.45, 7) is 8.51. The largest absolute Gasteiger partial charge is 0.376 e. The normalized spacial score (nSPS) is 14.1. The third-order valence-electron chi connectivity index (χ3n) is 12.6. The summed E-state index contributed by atoms with van der Waals surface area (Å²) in [5.41, 5.74) is 15.4. The number of H-pyrrole nitrogens is 4. The maximum atomic E-state index is 4.66. The van der Waals surface area contributed by atoms with E-state index in [2.05, 4.69) is 127 Å². The van der Waals surface area contributed by atoms with Crippen LogP contribution in [0.25, 0.3) is 88.9 Å². The van der Waals surface area contributed by atoms with E-state index in [1.54, 1.807) is 6.20 Å². The predicted octanol–water partition coefficient (Wildman–Crippen LogP) is 11.4. The van der Waals surface area contributed by atoms with Crippen LogP contribution < -0.4 is 14.7 Å². The third-order valence-corrected chi connectivity index (χ3v) is 12.6. The second-order valence-electron chi connectivity index (χ2n) is 16.9. The van der Waals surface area contributed by atoms with E-state index in [1.165, 1.54) is 60.7 Å². The number of pyridine rings is 4. The zero-order valence-electron chi connectivity index (χ0n) is 37.6. The Balaban J connectivity index is 0.000000148. The van der Waals surface area contributed by atoms with E-state index in [-0.39, 0.29) is 0 Å². The quantitative estimate of drug-likeness (QED) is 0.123. The number of anilines is 3. The van der Waals surface area contributed by atoms with Gasteiger partial charge in [0.15, 0.2) is 0 Å². The molecule has 0 bridgehead atoms. The molecule has 2 saturated heterocycles. The van der Waals surface area contributed by atoms with Gasteiger partial charge in [-0.05, 0) is 105 Å². The summed E-state index contributed by atoms with van der Waals surface area (Å²) in [5, 5.41) is 20.1. The molecule has 2 aliphatic heterocycles. The van der Waals surface area contributed by atoms with E-state index < -0.39 is 0 Å². The summed E-state index contributed by atoms with van der Waals surface area (Å²) in [6, 6.07) is 27.8. The van der Waals surface area contributed by atoms with Crippen molar-refractivity contribution < 1.29 is 0 Å². The molecule has 10 heterocycles. The van der Waals surface area contributed by atoms with Crippen LogP contribution in [0.5, 0.6) is 0 Å². The molecular weight excluding hydrogens is 807 g/mol. The Kier molecular flexibility index (Phi) is 11.7. The van der Waals surface area contributed by atoms with Crippen molar-refractivity contribution >= 4 is 60.7 Å². The van der Waals surface area contributed by atoms with Crippen molar-refractivity contribution in [3.8, 4) is 45.3 Å². The first-order chi connectivity index (χ1) is 32.0. The summed E-state index contributed by atoms with van der Waals surface area (Å²) in [5.74, 6) is 0. The highest BCUT2D eigenvalue weighted by Gasteiger charge is 2.20. The number of hydrogen-bond donors (Lipinski definition) is 4. The number of nitrogens with zero attached hydrogens (tertiary/aromatic N) is 9. The molecule has 65 heavy (non-hydrogen) atoms. The van der Waals surface area contributed by atoms with Gasteiger partial charge in [0.2, 0.25) is 0 Å². The van der Waals surface area contributed by atoms with E-state index in [0.29, 0.717) is 0 Å². The molecule has 2 aliphatic rings. The number of piperidine rings is 2. The van der Waals surface area contributed by atoms with E-state index >= 15 is 0 Å². The Morgan fingerprint density at radius 2 is 1.02 bits per heavy atom. The lowest BCUT2D eigenvalue weighted by Crippen LogP contribution is -2.29. The van der Waals surface area contributed by atoms with Gasteiger partial charge in [-0.1, -0.05) is 26.0 Å². The number of aromatic amines is 4. The predicted molar refractivity (Wildman–Crippen MR) is 267 cm³/mol. The van der Waals surface area contributed by atoms with Crippen molar-refractivity contribution in [2.24, 2.45) is 0 Å². The topological polar surface area (TPSA) is 150 Å². The van der Waals surface area contributed by atoms with Crippen LogP contribution in [0.1, 0.15) is 52.4 Å². The SMILES string of the molecule is CC.CN(C)c1cncc(-c2cc3c(-c4cc5c(N6CCCCC6)cccc5[nH]4)n[nH]c3cn2)c1.c1cncc(-c2cc3c(-c4cc5c(N6CCCCC6)cccc5[nH]4)n[nH]c3cn2)c1. The molecule has 0 saturated carbocycles. The number of nitrogens with one attached hydrogen (secondary N) is 4. The second kappa shape index (κ2) is 18.3. The Bertz CT molecular complexity index is 3200. The molecule has 0 aliphatic carbocycles. The monoisotopic (exact) mass is 861 g/mol. The molecule has 0 radical (unpaired) electrons. The molecule has 2 aromatic carbocycles. The van der Waals surface area contributed by atoms with Crippen LogP contribution in [0.15, 0.2) is 116 Å². The minimum Gasteiger partial charge on any atom is -0.376 e. The van der Waals surface area contributed by atoms with Gasteiger partial charge < -0.3 is 24.7 Å². The zero-order chi connectivity index (χ0) is 44.3. The Morgan fingerprint density at radius 1 is 0.492 bits per heavy atom. The molecule has 8 aromatic heterocycles. The molecule has 0 unspecified atom stereocenters. The lowest BCUT2D eigenvalue weighted by Gasteiger charge is -2.29. The van der Waals surface area contributed by atoms with Crippen molar-refractivity contribution in [3.63, 3.8) is 0 Å². The van der Waals surface area contributed by atoms with Crippen molar-refractivity contribution in [1.82, 2.24) is 50.3 Å². The molecule has 0 atom stereocenters. The first kappa shape index (κ1) is 41.5. The van der Waals surface area contributed by atoms with Crippen LogP contribution in [0.4, 0.5) is 17.1 Å². The van der Waals surface area contributed by atoms with Gasteiger partial charge >= 0.3 is 0 Å². The van der Waals surface area contributed by atoms with Crippen molar-refractivity contribution in [1.29, 1.82) is 0 Å². The first-order valence-electron chi connectivity index (χ1n) is 23.0. The van der Waals surface area contributed by atoms with E-state index in [9.17, 15) is 0 Å². The first-order valence-corrected chi connectivity index (χ1v) is 23.0. The van der Waals surface area contributed by atoms with Gasteiger partial charge in [-0.3, -0.25) is 30.1 Å². The molecule has 328 valence electrons. The minimum atomic E-state index is 0.881. The summed E-state index contributed by atoms with van der Waals surface area (Å²) < 4.78 is 0. The molecule has 13 nitrogen and oxygen atoms in total. The zero-order valence-corrected chi connectivity index (χ0v) is 37.6. The number of rotatable bonds is 7. The highest BCUT2D eigenvalue weighted by atomic mass is 15.2. The molecular formula is C52H55N13. The van der Waals surface area contributed by atoms with Crippen LogP contribution in [0.3, 0.4) is 0 Å². The highest BCUT2D eigenvalue weighted by molar-refractivity contribution is 6.02. The molecule has 2 fully saturated rings. The molecule has 13 heteroatoms. The van der Waals surface area contributed by atoms with Crippen LogP contribution in [0, 0.1) is 0 Å². The number of aromatic nitrogens is 10. The molecule has 10 aromatic rings. The van der Waals surface area contributed by atoms with Gasteiger partial charge in [0, 0.05) is 114 Å². The van der Waals surface area contributed by atoms with Crippen molar-refractivity contribution in [2.45, 2.75) is 52.4 Å². The maximum absolute atomic E-state index is 4.66. The van der Waals surface area contributed by atoms with E-state index in [0.717, 1.165) is 110 Å². The molecule has 12 rings (SSSR count). The number of hydrogen-bond acceptors (Lipinski definition) is 9. The molecule has 0 spiro atoms. The van der Waals surface area contributed by atoms with E-state index in [4.69, 9.17) is 0 Å². The lowest BCUT2D eigenvalue weighted by molar-refractivity contribution is 0.579. The fourth-order valence-electron chi connectivity index (χ4n) is 9.24. The average molecular weight is 862 g/mol. The van der Waals surface area contributed by atoms with Gasteiger partial charge in [-0.15, -0.1) is 0 Å². The van der Waals surface area contributed by atoms with Gasteiger partial charge in [-0.25, -0.2) is 0 Å². The maximum Gasteiger partial charge on any atom is 0.116 e. The molecule has 0 amide bonds. The van der Waals surface area contributed by atoms with E-state index in [1.807, 2.05) is 76.0 Å². The standard InChI is InChI=1S/C26H27N7.C24H22N6.C2H6/c1-32(2)18-11-17(14-27-15-18)22-13-20-24(16-28-22)30-31-26(20)23-12-19-21(29-23)7-6-8-25(19)33-9-4-3-5-10-33;1-2-10-30(11-3-1)23-8-4-7-19-17(23)12-21(27-19)24-18-13-20(16-6-5-9-25-14-16)26-15-22(18)28-29-24;1-2/h6-8,11-16,29H,3-5,9-10H2,1-2H3,(H,30,31);4-9,12-15,27H,1-3,10-11H2,(H,28,29);1-2H3. The van der Waals surface area contributed by atoms with Gasteiger partial charge in [0.25, 0.3) is 0 Å². The van der Waals surface area contributed by atoms with Crippen LogP contribution in [0.2, 0.25) is 0 Å². The Labute approximate surface area is 378 Å². The fourth-order valence-corrected chi connectivity index (χ4v) is 9.24. The third kappa shape index (κ3) is 8.25. The molecule has 4 N–H and O–H groups in total. The summed E-state index contributed by atoms with van der Waals surface area (Å²) in [4.78, 5) is 32.1. The van der Waals surface area contributed by atoms with Crippen molar-refractivity contribution in [3.05, 3.63) is 116 Å². The Morgan fingerprint density at radius 3 is 1.52 bits per heavy atom. The number of benzene rings is 2. The fraction of sp³-hybridized carbons (Fsp3) is 0.269. The van der Waals surface area contributed by atoms with Gasteiger partial charge in [-0.2, -0.15) is 10.2 Å².